The maximum Gasteiger partial charge on any atom is 0.267 e. The predicted octanol–water partition coefficient (Wildman–Crippen LogP) is 5.28. The van der Waals surface area contributed by atoms with E-state index in [4.69, 9.17) is 0 Å². The quantitative estimate of drug-likeness (QED) is 0.157. The van der Waals surface area contributed by atoms with Gasteiger partial charge in [0, 0.05) is 6.20 Å². The number of thiazole rings is 1. The molecule has 0 saturated carbocycles. The smallest absolute Gasteiger partial charge is 0.267 e. The van der Waals surface area contributed by atoms with Crippen LogP contribution in [0.4, 0.5) is 0 Å². The number of pyridine rings is 1. The lowest BCUT2D eigenvalue weighted by atomic mass is 10.2. The molecule has 3 heterocycles. The number of aliphatic hydroxyl groups excluding tert-OH is 1. The molecule has 5 aromatic rings. The molecule has 166 valence electrons. The van der Waals surface area contributed by atoms with E-state index in [1.54, 1.807) is 30.5 Å². The van der Waals surface area contributed by atoms with Gasteiger partial charge in [0.25, 0.3) is 5.56 Å². The van der Waals surface area contributed by atoms with Crippen molar-refractivity contribution in [1.29, 1.82) is 5.26 Å². The van der Waals surface area contributed by atoms with E-state index in [9.17, 15) is 15.2 Å². The van der Waals surface area contributed by atoms with Gasteiger partial charge in [0.1, 0.15) is 28.2 Å². The Kier molecular flexibility index (Phi) is 5.84. The highest BCUT2D eigenvalue weighted by molar-refractivity contribution is 7.99. The summed E-state index contributed by atoms with van der Waals surface area (Å²) < 4.78 is 2.37. The predicted molar refractivity (Wildman–Crippen MR) is 135 cm³/mol. The highest BCUT2D eigenvalue weighted by Crippen LogP contribution is 2.30. The fourth-order valence-corrected chi connectivity index (χ4v) is 5.28. The van der Waals surface area contributed by atoms with Gasteiger partial charge in [0.15, 0.2) is 5.16 Å². The Hall–Kier alpha value is -4.00. The van der Waals surface area contributed by atoms with Crippen molar-refractivity contribution in [3.05, 3.63) is 93.5 Å². The first-order valence-electron chi connectivity index (χ1n) is 10.3. The lowest BCUT2D eigenvalue weighted by molar-refractivity contribution is 0.420. The number of thioether (sulfide) groups is 1. The van der Waals surface area contributed by atoms with E-state index in [2.05, 4.69) is 21.0 Å². The number of rotatable bonds is 5. The molecule has 1 N–H and O–H groups in total. The zero-order chi connectivity index (χ0) is 23.7. The van der Waals surface area contributed by atoms with Gasteiger partial charge in [-0.3, -0.25) is 4.79 Å². The first-order valence-corrected chi connectivity index (χ1v) is 12.1. The second-order valence-corrected chi connectivity index (χ2v) is 9.43. The van der Waals surface area contributed by atoms with Crippen molar-refractivity contribution in [2.75, 3.05) is 5.75 Å². The number of benzene rings is 2. The molecule has 5 rings (SSSR count). The standard InChI is InChI=1S/C25H17N5O2S2/c1-15-10-11-22(27-13-15)30-24(32)16-6-2-3-7-18(16)29-25(30)33-14-20(31)17(12-26)23-28-19-8-4-5-9-21(19)34-23/h2-11,13,31H,14H2,1H3/b20-17-. The highest BCUT2D eigenvalue weighted by Gasteiger charge is 2.18. The van der Waals surface area contributed by atoms with Crippen LogP contribution in [0.15, 0.2) is 82.6 Å². The zero-order valence-corrected chi connectivity index (χ0v) is 19.6. The Morgan fingerprint density at radius 2 is 1.85 bits per heavy atom. The average molecular weight is 484 g/mol. The normalized spacial score (nSPS) is 12.0. The van der Waals surface area contributed by atoms with Gasteiger partial charge in [-0.15, -0.1) is 11.3 Å². The molecule has 0 atom stereocenters. The summed E-state index contributed by atoms with van der Waals surface area (Å²) in [7, 11) is 0. The summed E-state index contributed by atoms with van der Waals surface area (Å²) in [5, 5.41) is 21.8. The minimum atomic E-state index is -0.250. The molecule has 0 radical (unpaired) electrons. The Morgan fingerprint density at radius 1 is 1.09 bits per heavy atom. The third-order valence-corrected chi connectivity index (χ3v) is 7.12. The molecule has 7 nitrogen and oxygen atoms in total. The van der Waals surface area contributed by atoms with E-state index >= 15 is 0 Å². The number of aromatic nitrogens is 4. The summed E-state index contributed by atoms with van der Waals surface area (Å²) in [6.45, 7) is 1.92. The minimum absolute atomic E-state index is 0.0372. The van der Waals surface area contributed by atoms with Crippen molar-refractivity contribution in [2.45, 2.75) is 12.1 Å². The second-order valence-electron chi connectivity index (χ2n) is 7.45. The fourth-order valence-electron chi connectivity index (χ4n) is 3.42. The monoisotopic (exact) mass is 483 g/mol. The molecule has 0 aliphatic heterocycles. The topological polar surface area (TPSA) is 105 Å². The van der Waals surface area contributed by atoms with Gasteiger partial charge in [-0.25, -0.2) is 19.5 Å². The number of allylic oxidation sites excluding steroid dienone is 1. The van der Waals surface area contributed by atoms with E-state index < -0.39 is 0 Å². The van der Waals surface area contributed by atoms with Crippen molar-refractivity contribution in [2.24, 2.45) is 0 Å². The third kappa shape index (κ3) is 4.05. The van der Waals surface area contributed by atoms with Crippen LogP contribution in [0.5, 0.6) is 0 Å². The summed E-state index contributed by atoms with van der Waals surface area (Å²) in [6, 6.07) is 20.4. The van der Waals surface area contributed by atoms with Crippen molar-refractivity contribution in [1.82, 2.24) is 19.5 Å². The molecule has 0 unspecified atom stereocenters. The average Bonchev–Trinajstić information content (AvgIpc) is 3.28. The number of aliphatic hydroxyl groups is 1. The van der Waals surface area contributed by atoms with Crippen molar-refractivity contribution < 1.29 is 5.11 Å². The fraction of sp³-hybridized carbons (Fsp3) is 0.0800. The lowest BCUT2D eigenvalue weighted by Gasteiger charge is -2.12. The number of nitriles is 1. The summed E-state index contributed by atoms with van der Waals surface area (Å²) in [5.74, 6) is 0.346. The van der Waals surface area contributed by atoms with Gasteiger partial charge in [-0.2, -0.15) is 5.26 Å². The van der Waals surface area contributed by atoms with Gasteiger partial charge in [-0.1, -0.05) is 42.1 Å². The lowest BCUT2D eigenvalue weighted by Crippen LogP contribution is -2.22. The van der Waals surface area contributed by atoms with E-state index in [1.165, 1.54) is 15.9 Å². The zero-order valence-electron chi connectivity index (χ0n) is 18.0. The van der Waals surface area contributed by atoms with Gasteiger partial charge in [0.05, 0.1) is 26.9 Å². The van der Waals surface area contributed by atoms with Crippen LogP contribution in [0.3, 0.4) is 0 Å². The van der Waals surface area contributed by atoms with Crippen LogP contribution >= 0.6 is 23.1 Å². The van der Waals surface area contributed by atoms with Gasteiger partial charge in [0.2, 0.25) is 0 Å². The Balaban J connectivity index is 1.56. The Morgan fingerprint density at radius 3 is 2.59 bits per heavy atom. The van der Waals surface area contributed by atoms with E-state index in [0.717, 1.165) is 27.5 Å². The highest BCUT2D eigenvalue weighted by atomic mass is 32.2. The van der Waals surface area contributed by atoms with Crippen LogP contribution in [0.1, 0.15) is 10.6 Å². The van der Waals surface area contributed by atoms with E-state index in [0.29, 0.717) is 26.9 Å². The molecule has 3 aromatic heterocycles. The molecule has 0 saturated heterocycles. The number of hydrogen-bond donors (Lipinski definition) is 1. The van der Waals surface area contributed by atoms with Crippen LogP contribution in [0.2, 0.25) is 0 Å². The van der Waals surface area contributed by atoms with Gasteiger partial charge >= 0.3 is 0 Å². The first-order chi connectivity index (χ1) is 16.5. The van der Waals surface area contributed by atoms with Crippen molar-refractivity contribution >= 4 is 49.8 Å². The third-order valence-electron chi connectivity index (χ3n) is 5.12. The van der Waals surface area contributed by atoms with Crippen LogP contribution < -0.4 is 5.56 Å². The van der Waals surface area contributed by atoms with Gasteiger partial charge in [-0.05, 0) is 42.8 Å². The molecule has 2 aromatic carbocycles. The summed E-state index contributed by atoms with van der Waals surface area (Å²) in [4.78, 5) is 26.9. The van der Waals surface area contributed by atoms with Crippen LogP contribution in [0, 0.1) is 18.3 Å². The summed E-state index contributed by atoms with van der Waals surface area (Å²) >= 11 is 2.50. The van der Waals surface area contributed by atoms with E-state index in [1.807, 2.05) is 43.3 Å². The second kappa shape index (κ2) is 9.09. The molecular weight excluding hydrogens is 466 g/mol. The Bertz CT molecular complexity index is 1630. The minimum Gasteiger partial charge on any atom is -0.510 e. The molecule has 9 heteroatoms. The molecule has 0 aliphatic rings. The molecule has 0 spiro atoms. The van der Waals surface area contributed by atoms with Crippen molar-refractivity contribution in [3.8, 4) is 11.9 Å². The SMILES string of the molecule is Cc1ccc(-n2c(SC/C(O)=C(\C#N)c3nc4ccccc4s3)nc3ccccc3c2=O)nc1. The largest absolute Gasteiger partial charge is 0.510 e. The molecule has 0 bridgehead atoms. The number of fused-ring (bicyclic) bond motifs is 2. The summed E-state index contributed by atoms with van der Waals surface area (Å²) in [6.07, 6.45) is 1.68. The van der Waals surface area contributed by atoms with Crippen LogP contribution in [-0.2, 0) is 0 Å². The number of para-hydroxylation sites is 2. The van der Waals surface area contributed by atoms with Gasteiger partial charge < -0.3 is 5.11 Å². The number of hydrogen-bond acceptors (Lipinski definition) is 8. The molecule has 0 amide bonds. The van der Waals surface area contributed by atoms with Crippen LogP contribution in [0.25, 0.3) is 32.5 Å². The molecule has 0 aliphatic carbocycles. The number of nitrogens with zero attached hydrogens (tertiary/aromatic N) is 5. The van der Waals surface area contributed by atoms with Crippen LogP contribution in [-0.4, -0.2) is 30.4 Å². The molecule has 0 fully saturated rings. The van der Waals surface area contributed by atoms with E-state index in [-0.39, 0.29) is 22.6 Å². The molecule has 34 heavy (non-hydrogen) atoms. The number of aryl methyl sites for hydroxylation is 1. The first kappa shape index (κ1) is 21.8. The van der Waals surface area contributed by atoms with Crippen molar-refractivity contribution in [3.63, 3.8) is 0 Å². The summed E-state index contributed by atoms with van der Waals surface area (Å²) in [5.41, 5.74) is 2.14. The maximum atomic E-state index is 13.3. The maximum absolute atomic E-state index is 13.3. The Labute approximate surface area is 202 Å². The molecular formula is C25H17N5O2S2.